The average molecular weight is 269 g/mol. The van der Waals surface area contributed by atoms with Crippen molar-refractivity contribution in [3.63, 3.8) is 0 Å². The van der Waals surface area contributed by atoms with Gasteiger partial charge in [-0.25, -0.2) is 0 Å². The Balaban J connectivity index is 2.20. The minimum Gasteiger partial charge on any atom is -0.324 e. The van der Waals surface area contributed by atoms with Crippen LogP contribution in [0.2, 0.25) is 0 Å². The van der Waals surface area contributed by atoms with Crippen LogP contribution in [0.5, 0.6) is 0 Å². The lowest BCUT2D eigenvalue weighted by Gasteiger charge is -2.09. The quantitative estimate of drug-likeness (QED) is 0.779. The summed E-state index contributed by atoms with van der Waals surface area (Å²) in [6, 6.07) is 11.2. The van der Waals surface area contributed by atoms with Gasteiger partial charge in [0.15, 0.2) is 0 Å². The number of nitrogens with one attached hydrogen (secondary N) is 1. The highest BCUT2D eigenvalue weighted by atomic mass is 32.1. The van der Waals surface area contributed by atoms with E-state index in [1.807, 2.05) is 36.4 Å². The predicted octanol–water partition coefficient (Wildman–Crippen LogP) is 2.16. The molecule has 0 saturated carbocycles. The van der Waals surface area contributed by atoms with Crippen LogP contribution in [0.4, 0.5) is 5.69 Å². The van der Waals surface area contributed by atoms with Gasteiger partial charge in [-0.05, 0) is 30.3 Å². The van der Waals surface area contributed by atoms with Crippen molar-refractivity contribution in [2.24, 2.45) is 4.99 Å². The number of benzodiazepines with no additional fused rings is 1. The summed E-state index contributed by atoms with van der Waals surface area (Å²) in [7, 11) is 0. The number of rotatable bonds is 1. The van der Waals surface area contributed by atoms with Crippen LogP contribution in [0.15, 0.2) is 52.5 Å². The molecule has 4 nitrogen and oxygen atoms in total. The zero-order chi connectivity index (χ0) is 13.2. The van der Waals surface area contributed by atoms with E-state index < -0.39 is 0 Å². The highest BCUT2D eigenvalue weighted by Crippen LogP contribution is 2.24. The summed E-state index contributed by atoms with van der Waals surface area (Å²) in [6.07, 6.45) is 1.71. The van der Waals surface area contributed by atoms with E-state index in [4.69, 9.17) is 0 Å². The van der Waals surface area contributed by atoms with Crippen LogP contribution in [-0.2, 0) is 4.79 Å². The van der Waals surface area contributed by atoms with Crippen molar-refractivity contribution in [1.29, 1.82) is 0 Å². The fourth-order valence-corrected chi connectivity index (χ4v) is 2.19. The smallest absolute Gasteiger partial charge is 0.246 e. The second kappa shape index (κ2) is 4.85. The number of amides is 1. The number of hydrogen-bond donors (Lipinski definition) is 2. The molecule has 1 amide bonds. The summed E-state index contributed by atoms with van der Waals surface area (Å²) in [4.78, 5) is 21.1. The van der Waals surface area contributed by atoms with Crippen LogP contribution in [-0.4, -0.2) is 23.1 Å². The molecule has 0 spiro atoms. The van der Waals surface area contributed by atoms with Crippen LogP contribution in [0.1, 0.15) is 11.3 Å². The van der Waals surface area contributed by atoms with Gasteiger partial charge in [0.05, 0.1) is 17.1 Å². The second-order valence-corrected chi connectivity index (χ2v) is 4.67. The van der Waals surface area contributed by atoms with E-state index >= 15 is 0 Å². The number of anilines is 1. The molecule has 0 atom stereocenters. The van der Waals surface area contributed by atoms with Crippen molar-refractivity contribution in [3.8, 4) is 0 Å². The number of carbonyl (C=O) groups excluding carboxylic acids is 1. The van der Waals surface area contributed by atoms with E-state index in [0.717, 1.165) is 21.8 Å². The number of aliphatic imine (C=N–C) groups is 1. The third kappa shape index (κ3) is 2.37. The van der Waals surface area contributed by atoms with Crippen molar-refractivity contribution >= 4 is 29.9 Å². The van der Waals surface area contributed by atoms with Gasteiger partial charge in [-0.3, -0.25) is 14.8 Å². The molecule has 0 saturated heterocycles. The summed E-state index contributed by atoms with van der Waals surface area (Å²) >= 11 is 4.34. The van der Waals surface area contributed by atoms with Crippen LogP contribution >= 0.6 is 12.6 Å². The van der Waals surface area contributed by atoms with E-state index in [0.29, 0.717) is 5.71 Å². The Kier molecular flexibility index (Phi) is 3.05. The molecule has 19 heavy (non-hydrogen) atoms. The fraction of sp³-hybridized carbons (Fsp3) is 0.0714. The van der Waals surface area contributed by atoms with Gasteiger partial charge in [0.25, 0.3) is 0 Å². The molecule has 1 N–H and O–H groups in total. The Hall–Kier alpha value is -2.14. The molecule has 2 heterocycles. The van der Waals surface area contributed by atoms with Crippen molar-refractivity contribution in [1.82, 2.24) is 4.98 Å². The number of carbonyl (C=O) groups is 1. The Bertz CT molecular complexity index is 668. The SMILES string of the molecule is O=C1CN=C(c2ccccn2)c2cc(S)ccc2N1. The maximum atomic E-state index is 11.6. The lowest BCUT2D eigenvalue weighted by Crippen LogP contribution is -2.13. The number of benzene rings is 1. The fourth-order valence-electron chi connectivity index (χ4n) is 1.98. The van der Waals surface area contributed by atoms with Gasteiger partial charge < -0.3 is 5.32 Å². The summed E-state index contributed by atoms with van der Waals surface area (Å²) < 4.78 is 0. The van der Waals surface area contributed by atoms with Crippen molar-refractivity contribution in [2.45, 2.75) is 4.90 Å². The van der Waals surface area contributed by atoms with Gasteiger partial charge >= 0.3 is 0 Å². The zero-order valence-electron chi connectivity index (χ0n) is 10.00. The van der Waals surface area contributed by atoms with E-state index in [-0.39, 0.29) is 12.5 Å². The van der Waals surface area contributed by atoms with E-state index in [2.05, 4.69) is 27.9 Å². The van der Waals surface area contributed by atoms with Gasteiger partial charge in [-0.2, -0.15) is 0 Å². The molecule has 1 aliphatic rings. The molecular formula is C14H11N3OS. The molecule has 1 aromatic heterocycles. The Labute approximate surface area is 116 Å². The predicted molar refractivity (Wildman–Crippen MR) is 77.1 cm³/mol. The first-order valence-corrected chi connectivity index (χ1v) is 6.28. The van der Waals surface area contributed by atoms with Crippen LogP contribution < -0.4 is 5.32 Å². The molecule has 3 rings (SSSR count). The topological polar surface area (TPSA) is 54.4 Å². The Morgan fingerprint density at radius 3 is 2.89 bits per heavy atom. The first-order valence-electron chi connectivity index (χ1n) is 5.83. The van der Waals surface area contributed by atoms with Gasteiger partial charge in [-0.1, -0.05) is 6.07 Å². The third-order valence-corrected chi connectivity index (χ3v) is 3.10. The number of pyridine rings is 1. The molecule has 1 aliphatic heterocycles. The highest BCUT2D eigenvalue weighted by Gasteiger charge is 2.18. The standard InChI is InChI=1S/C14H11N3OS/c18-13-8-16-14(12-3-1-2-6-15-12)10-7-9(19)4-5-11(10)17-13/h1-7,19H,8H2,(H,17,18). The van der Waals surface area contributed by atoms with Gasteiger partial charge in [-0.15, -0.1) is 12.6 Å². The van der Waals surface area contributed by atoms with Crippen molar-refractivity contribution in [2.75, 3.05) is 11.9 Å². The molecule has 0 bridgehead atoms. The van der Waals surface area contributed by atoms with Gasteiger partial charge in [0, 0.05) is 16.7 Å². The normalized spacial score (nSPS) is 14.2. The molecular weight excluding hydrogens is 258 g/mol. The van der Waals surface area contributed by atoms with E-state index in [9.17, 15) is 4.79 Å². The number of nitrogens with zero attached hydrogens (tertiary/aromatic N) is 2. The summed E-state index contributed by atoms with van der Waals surface area (Å²) in [5, 5.41) is 2.83. The van der Waals surface area contributed by atoms with Crippen molar-refractivity contribution < 1.29 is 4.79 Å². The minimum atomic E-state index is -0.126. The molecule has 0 radical (unpaired) electrons. The van der Waals surface area contributed by atoms with Crippen LogP contribution in [0.3, 0.4) is 0 Å². The Morgan fingerprint density at radius 2 is 2.11 bits per heavy atom. The maximum Gasteiger partial charge on any atom is 0.246 e. The zero-order valence-corrected chi connectivity index (χ0v) is 10.9. The third-order valence-electron chi connectivity index (χ3n) is 2.82. The minimum absolute atomic E-state index is 0.0997. The molecule has 1 aromatic carbocycles. The van der Waals surface area contributed by atoms with Gasteiger partial charge in [0.2, 0.25) is 5.91 Å². The molecule has 0 fully saturated rings. The average Bonchev–Trinajstić information content (AvgIpc) is 2.58. The van der Waals surface area contributed by atoms with E-state index in [1.54, 1.807) is 6.20 Å². The Morgan fingerprint density at radius 1 is 1.21 bits per heavy atom. The summed E-state index contributed by atoms with van der Waals surface area (Å²) in [5.74, 6) is -0.126. The van der Waals surface area contributed by atoms with Gasteiger partial charge in [0.1, 0.15) is 6.54 Å². The largest absolute Gasteiger partial charge is 0.324 e. The number of thiol groups is 1. The molecule has 0 unspecified atom stereocenters. The van der Waals surface area contributed by atoms with Crippen molar-refractivity contribution in [3.05, 3.63) is 53.9 Å². The summed E-state index contributed by atoms with van der Waals surface area (Å²) in [5.41, 5.74) is 3.05. The molecule has 0 aliphatic carbocycles. The first kappa shape index (κ1) is 11.9. The van der Waals surface area contributed by atoms with Crippen LogP contribution in [0.25, 0.3) is 0 Å². The van der Waals surface area contributed by atoms with Crippen LogP contribution in [0, 0.1) is 0 Å². The lowest BCUT2D eigenvalue weighted by molar-refractivity contribution is -0.114. The lowest BCUT2D eigenvalue weighted by atomic mass is 10.0. The van der Waals surface area contributed by atoms with E-state index in [1.165, 1.54) is 0 Å². The number of fused-ring (bicyclic) bond motifs is 1. The summed E-state index contributed by atoms with van der Waals surface area (Å²) in [6.45, 7) is 0.0997. The monoisotopic (exact) mass is 269 g/mol. The molecule has 2 aromatic rings. The first-order chi connectivity index (χ1) is 9.24. The second-order valence-electron chi connectivity index (χ2n) is 4.16. The number of hydrogen-bond acceptors (Lipinski definition) is 4. The number of aromatic nitrogens is 1. The molecule has 5 heteroatoms. The molecule has 94 valence electrons. The highest BCUT2D eigenvalue weighted by molar-refractivity contribution is 7.80. The maximum absolute atomic E-state index is 11.6.